The molecule has 8 nitrogen and oxygen atoms in total. The van der Waals surface area contributed by atoms with Crippen LogP contribution in [0.5, 0.6) is 0 Å². The number of benzene rings is 2. The molecule has 0 spiro atoms. The third kappa shape index (κ3) is 3.53. The molecule has 3 rings (SSSR count). The second-order valence-electron chi connectivity index (χ2n) is 5.35. The van der Waals surface area contributed by atoms with Crippen molar-refractivity contribution in [2.75, 3.05) is 11.1 Å². The van der Waals surface area contributed by atoms with E-state index in [9.17, 15) is 13.2 Å². The van der Waals surface area contributed by atoms with Crippen molar-refractivity contribution in [3.05, 3.63) is 53.6 Å². The van der Waals surface area contributed by atoms with Gasteiger partial charge in [0.1, 0.15) is 0 Å². The minimum absolute atomic E-state index is 0.0362. The number of nitrogens with one attached hydrogen (secondary N) is 1. The molecule has 134 valence electrons. The van der Waals surface area contributed by atoms with Crippen LogP contribution in [0.15, 0.2) is 53.4 Å². The van der Waals surface area contributed by atoms with Crippen molar-refractivity contribution in [1.82, 2.24) is 14.2 Å². The first-order valence-corrected chi connectivity index (χ1v) is 9.21. The zero-order valence-electron chi connectivity index (χ0n) is 13.5. The molecule has 26 heavy (non-hydrogen) atoms. The molecule has 0 unspecified atom stereocenters. The van der Waals surface area contributed by atoms with Crippen LogP contribution in [0.1, 0.15) is 6.92 Å². The molecular weight excluding hydrogens is 378 g/mol. The molecule has 0 atom stereocenters. The van der Waals surface area contributed by atoms with Gasteiger partial charge in [-0.1, -0.05) is 11.6 Å². The van der Waals surface area contributed by atoms with Crippen molar-refractivity contribution in [3.8, 4) is 11.4 Å². The SMILES string of the molecule is CC(=O)Nc1ccc(S(=O)(=O)n2nc(-c3ccc(Cl)cc3)nc2N)cc1. The zero-order valence-corrected chi connectivity index (χ0v) is 15.1. The molecule has 0 radical (unpaired) electrons. The van der Waals surface area contributed by atoms with Gasteiger partial charge < -0.3 is 11.1 Å². The van der Waals surface area contributed by atoms with Gasteiger partial charge in [-0.05, 0) is 48.5 Å². The molecule has 1 heterocycles. The maximum atomic E-state index is 12.8. The van der Waals surface area contributed by atoms with Gasteiger partial charge in [0, 0.05) is 23.2 Å². The number of rotatable bonds is 4. The Kier molecular flexibility index (Phi) is 4.66. The van der Waals surface area contributed by atoms with Gasteiger partial charge >= 0.3 is 0 Å². The molecule has 3 aromatic rings. The summed E-state index contributed by atoms with van der Waals surface area (Å²) in [6, 6.07) is 12.3. The summed E-state index contributed by atoms with van der Waals surface area (Å²) in [6.07, 6.45) is 0. The second kappa shape index (κ2) is 6.77. The van der Waals surface area contributed by atoms with Gasteiger partial charge in [0.2, 0.25) is 11.9 Å². The number of nitrogens with two attached hydrogens (primary N) is 1. The predicted octanol–water partition coefficient (Wildman–Crippen LogP) is 2.38. The lowest BCUT2D eigenvalue weighted by Crippen LogP contribution is -2.17. The van der Waals surface area contributed by atoms with Crippen LogP contribution in [0.2, 0.25) is 5.02 Å². The standard InChI is InChI=1S/C16H14ClN5O3S/c1-10(23)19-13-6-8-14(9-7-13)26(24,25)22-16(18)20-15(21-22)11-2-4-12(17)5-3-11/h2-9H,1H3,(H,19,23)(H2,18,20,21). The van der Waals surface area contributed by atoms with Crippen LogP contribution in [0.3, 0.4) is 0 Å². The number of anilines is 2. The Morgan fingerprint density at radius 2 is 1.73 bits per heavy atom. The summed E-state index contributed by atoms with van der Waals surface area (Å²) in [4.78, 5) is 15.0. The number of amides is 1. The van der Waals surface area contributed by atoms with E-state index in [1.54, 1.807) is 24.3 Å². The second-order valence-corrected chi connectivity index (χ2v) is 7.56. The first-order valence-electron chi connectivity index (χ1n) is 7.39. The molecule has 0 fully saturated rings. The van der Waals surface area contributed by atoms with Crippen molar-refractivity contribution in [2.24, 2.45) is 0 Å². The van der Waals surface area contributed by atoms with Crippen LogP contribution in [-0.4, -0.2) is 28.5 Å². The average Bonchev–Trinajstić information content (AvgIpc) is 2.98. The van der Waals surface area contributed by atoms with Crippen molar-refractivity contribution in [3.63, 3.8) is 0 Å². The molecule has 0 aliphatic heterocycles. The Balaban J connectivity index is 1.97. The summed E-state index contributed by atoms with van der Waals surface area (Å²) in [6.45, 7) is 1.36. The predicted molar refractivity (Wildman–Crippen MR) is 98.2 cm³/mol. The highest BCUT2D eigenvalue weighted by molar-refractivity contribution is 7.90. The largest absolute Gasteiger partial charge is 0.367 e. The van der Waals surface area contributed by atoms with Crippen molar-refractivity contribution in [1.29, 1.82) is 0 Å². The maximum absolute atomic E-state index is 12.8. The number of halogens is 1. The average molecular weight is 392 g/mol. The number of aromatic nitrogens is 3. The van der Waals surface area contributed by atoms with Crippen LogP contribution in [0, 0.1) is 0 Å². The van der Waals surface area contributed by atoms with E-state index in [1.807, 2.05) is 0 Å². The zero-order chi connectivity index (χ0) is 18.9. The van der Waals surface area contributed by atoms with Crippen molar-refractivity contribution in [2.45, 2.75) is 11.8 Å². The molecule has 3 N–H and O–H groups in total. The van der Waals surface area contributed by atoms with Gasteiger partial charge in [0.05, 0.1) is 4.90 Å². The highest BCUT2D eigenvalue weighted by Crippen LogP contribution is 2.23. The summed E-state index contributed by atoms with van der Waals surface area (Å²) in [5, 5.41) is 7.10. The smallest absolute Gasteiger partial charge is 0.286 e. The van der Waals surface area contributed by atoms with E-state index in [1.165, 1.54) is 31.2 Å². The summed E-state index contributed by atoms with van der Waals surface area (Å²) in [7, 11) is -4.03. The molecule has 1 amide bonds. The molecule has 0 aliphatic rings. The van der Waals surface area contributed by atoms with E-state index in [0.29, 0.717) is 20.4 Å². The number of nitrogen functional groups attached to an aromatic ring is 1. The van der Waals surface area contributed by atoms with E-state index in [0.717, 1.165) is 0 Å². The van der Waals surface area contributed by atoms with Crippen LogP contribution in [0.4, 0.5) is 11.6 Å². The van der Waals surface area contributed by atoms with Gasteiger partial charge in [0.25, 0.3) is 10.0 Å². The summed E-state index contributed by atoms with van der Waals surface area (Å²) < 4.78 is 26.2. The van der Waals surface area contributed by atoms with E-state index >= 15 is 0 Å². The monoisotopic (exact) mass is 391 g/mol. The van der Waals surface area contributed by atoms with Crippen LogP contribution < -0.4 is 11.1 Å². The Labute approximate surface area is 154 Å². The molecule has 0 bridgehead atoms. The van der Waals surface area contributed by atoms with Gasteiger partial charge in [-0.2, -0.15) is 13.4 Å². The molecule has 0 saturated carbocycles. The minimum Gasteiger partial charge on any atom is -0.367 e. The molecule has 10 heteroatoms. The molecule has 2 aromatic carbocycles. The fraction of sp³-hybridized carbons (Fsp3) is 0.0625. The lowest BCUT2D eigenvalue weighted by molar-refractivity contribution is -0.114. The molecule has 0 aliphatic carbocycles. The molecule has 0 saturated heterocycles. The fourth-order valence-electron chi connectivity index (χ4n) is 2.22. The highest BCUT2D eigenvalue weighted by Gasteiger charge is 2.23. The maximum Gasteiger partial charge on any atom is 0.286 e. The van der Waals surface area contributed by atoms with E-state index < -0.39 is 10.0 Å². The van der Waals surface area contributed by atoms with Crippen LogP contribution in [-0.2, 0) is 14.8 Å². The Bertz CT molecular complexity index is 1060. The third-order valence-electron chi connectivity index (χ3n) is 3.40. The number of hydrogen-bond acceptors (Lipinski definition) is 6. The summed E-state index contributed by atoms with van der Waals surface area (Å²) >= 11 is 5.84. The van der Waals surface area contributed by atoms with Gasteiger partial charge in [-0.25, -0.2) is 0 Å². The lowest BCUT2D eigenvalue weighted by Gasteiger charge is -2.06. The molecule has 1 aromatic heterocycles. The quantitative estimate of drug-likeness (QED) is 0.704. The number of carbonyl (C=O) groups is 1. The number of nitrogens with zero attached hydrogens (tertiary/aromatic N) is 3. The van der Waals surface area contributed by atoms with Gasteiger partial charge in [0.15, 0.2) is 5.82 Å². The molecular formula is C16H14ClN5O3S. The van der Waals surface area contributed by atoms with Crippen molar-refractivity contribution >= 4 is 39.2 Å². The van der Waals surface area contributed by atoms with Crippen molar-refractivity contribution < 1.29 is 13.2 Å². The highest BCUT2D eigenvalue weighted by atomic mass is 35.5. The fourth-order valence-corrected chi connectivity index (χ4v) is 3.50. The van der Waals surface area contributed by atoms with E-state index in [2.05, 4.69) is 15.4 Å². The lowest BCUT2D eigenvalue weighted by atomic mass is 10.2. The first-order chi connectivity index (χ1) is 12.3. The summed E-state index contributed by atoms with van der Waals surface area (Å²) in [5.74, 6) is -0.354. The van der Waals surface area contributed by atoms with Gasteiger partial charge in [-0.3, -0.25) is 4.79 Å². The van der Waals surface area contributed by atoms with E-state index in [4.69, 9.17) is 17.3 Å². The Hall–Kier alpha value is -2.91. The third-order valence-corrected chi connectivity index (χ3v) is 5.25. The van der Waals surface area contributed by atoms with Gasteiger partial charge in [-0.15, -0.1) is 9.19 Å². The van der Waals surface area contributed by atoms with E-state index in [-0.39, 0.29) is 22.6 Å². The Morgan fingerprint density at radius 3 is 2.31 bits per heavy atom. The Morgan fingerprint density at radius 1 is 1.12 bits per heavy atom. The first kappa shape index (κ1) is 17.9. The van der Waals surface area contributed by atoms with Crippen LogP contribution in [0.25, 0.3) is 11.4 Å². The van der Waals surface area contributed by atoms with Crippen LogP contribution >= 0.6 is 11.6 Å². The number of hydrogen-bond donors (Lipinski definition) is 2. The minimum atomic E-state index is -4.03. The topological polar surface area (TPSA) is 120 Å². The number of carbonyl (C=O) groups excluding carboxylic acids is 1. The summed E-state index contributed by atoms with van der Waals surface area (Å²) in [5.41, 5.74) is 6.81. The normalized spacial score (nSPS) is 11.3.